The van der Waals surface area contributed by atoms with E-state index in [9.17, 15) is 4.79 Å². The molecular formula is C11H24N2OS. The second kappa shape index (κ2) is 10.3. The van der Waals surface area contributed by atoms with Crippen LogP contribution in [-0.4, -0.2) is 50.0 Å². The molecule has 0 fully saturated rings. The molecule has 0 aromatic carbocycles. The van der Waals surface area contributed by atoms with Gasteiger partial charge in [-0.05, 0) is 31.4 Å². The summed E-state index contributed by atoms with van der Waals surface area (Å²) < 4.78 is 0. The lowest BCUT2D eigenvalue weighted by Crippen LogP contribution is -2.33. The molecule has 0 saturated heterocycles. The zero-order valence-electron chi connectivity index (χ0n) is 10.2. The molecule has 0 unspecified atom stereocenters. The zero-order valence-corrected chi connectivity index (χ0v) is 11.0. The smallest absolute Gasteiger partial charge is 0.236 e. The number of rotatable bonds is 9. The molecule has 0 bridgehead atoms. The summed E-state index contributed by atoms with van der Waals surface area (Å²) in [5.41, 5.74) is 0. The maximum atomic E-state index is 11.2. The Morgan fingerprint density at radius 2 is 1.87 bits per heavy atom. The van der Waals surface area contributed by atoms with Gasteiger partial charge in [-0.1, -0.05) is 12.8 Å². The lowest BCUT2D eigenvalue weighted by atomic mass is 10.2. The van der Waals surface area contributed by atoms with E-state index in [0.717, 1.165) is 6.54 Å². The van der Waals surface area contributed by atoms with Crippen LogP contribution in [0.5, 0.6) is 0 Å². The van der Waals surface area contributed by atoms with Crippen molar-refractivity contribution in [2.75, 3.05) is 39.2 Å². The van der Waals surface area contributed by atoms with Gasteiger partial charge in [0.2, 0.25) is 5.91 Å². The summed E-state index contributed by atoms with van der Waals surface area (Å²) in [7, 11) is 3.57. The molecule has 0 rings (SSSR count). The molecule has 3 nitrogen and oxygen atoms in total. The molecule has 0 aromatic heterocycles. The van der Waals surface area contributed by atoms with Gasteiger partial charge in [-0.2, -0.15) is 11.8 Å². The molecule has 1 N–H and O–H groups in total. The quantitative estimate of drug-likeness (QED) is 0.613. The molecule has 15 heavy (non-hydrogen) atoms. The number of amides is 1. The summed E-state index contributed by atoms with van der Waals surface area (Å²) in [5.74, 6) is 1.42. The van der Waals surface area contributed by atoms with Crippen LogP contribution in [-0.2, 0) is 4.79 Å². The van der Waals surface area contributed by atoms with E-state index in [4.69, 9.17) is 0 Å². The Hall–Kier alpha value is -0.220. The van der Waals surface area contributed by atoms with Crippen LogP contribution in [0.25, 0.3) is 0 Å². The molecule has 0 saturated carbocycles. The minimum atomic E-state index is 0.150. The second-order valence-corrected chi connectivity index (χ2v) is 4.86. The number of nitrogens with one attached hydrogen (secondary N) is 1. The highest BCUT2D eigenvalue weighted by molar-refractivity contribution is 7.98. The fraction of sp³-hybridized carbons (Fsp3) is 0.909. The van der Waals surface area contributed by atoms with Gasteiger partial charge in [0.05, 0.1) is 6.54 Å². The Morgan fingerprint density at radius 1 is 1.20 bits per heavy atom. The fourth-order valence-electron chi connectivity index (χ4n) is 1.20. The first-order valence-corrected chi connectivity index (χ1v) is 6.97. The molecule has 90 valence electrons. The van der Waals surface area contributed by atoms with Crippen molar-refractivity contribution < 1.29 is 4.79 Å². The van der Waals surface area contributed by atoms with E-state index < -0.39 is 0 Å². The summed E-state index contributed by atoms with van der Waals surface area (Å²) in [6, 6.07) is 0. The Bertz CT molecular complexity index is 163. The third-order valence-electron chi connectivity index (χ3n) is 2.23. The van der Waals surface area contributed by atoms with Crippen molar-refractivity contribution >= 4 is 17.7 Å². The van der Waals surface area contributed by atoms with Crippen molar-refractivity contribution in [1.82, 2.24) is 10.2 Å². The van der Waals surface area contributed by atoms with Gasteiger partial charge in [0.25, 0.3) is 0 Å². The average molecular weight is 232 g/mol. The monoisotopic (exact) mass is 232 g/mol. The molecule has 0 aromatic rings. The van der Waals surface area contributed by atoms with Crippen LogP contribution >= 0.6 is 11.8 Å². The predicted molar refractivity (Wildman–Crippen MR) is 68.4 cm³/mol. The van der Waals surface area contributed by atoms with Crippen molar-refractivity contribution in [2.24, 2.45) is 0 Å². The number of hydrogen-bond donors (Lipinski definition) is 1. The molecule has 0 aliphatic heterocycles. The first-order chi connectivity index (χ1) is 7.18. The summed E-state index contributed by atoms with van der Waals surface area (Å²) in [5, 5.41) is 3.16. The standard InChI is InChI=1S/C11H24N2OS/c1-13(2)11(14)10-12-8-6-4-5-7-9-15-3/h12H,4-10H2,1-3H3. The van der Waals surface area contributed by atoms with E-state index in [1.165, 1.54) is 31.4 Å². The van der Waals surface area contributed by atoms with Crippen LogP contribution in [0.1, 0.15) is 25.7 Å². The molecule has 0 spiro atoms. The Balaban J connectivity index is 3.08. The number of unbranched alkanes of at least 4 members (excludes halogenated alkanes) is 3. The molecule has 0 radical (unpaired) electrons. The third kappa shape index (κ3) is 10.1. The fourth-order valence-corrected chi connectivity index (χ4v) is 1.70. The van der Waals surface area contributed by atoms with Gasteiger partial charge in [0.1, 0.15) is 0 Å². The zero-order chi connectivity index (χ0) is 11.5. The predicted octanol–water partition coefficient (Wildman–Crippen LogP) is 1.59. The highest BCUT2D eigenvalue weighted by atomic mass is 32.2. The highest BCUT2D eigenvalue weighted by Gasteiger charge is 2.01. The maximum absolute atomic E-state index is 11.2. The summed E-state index contributed by atoms with van der Waals surface area (Å²) in [6.45, 7) is 1.43. The molecule has 0 aliphatic rings. The van der Waals surface area contributed by atoms with Gasteiger partial charge in [-0.3, -0.25) is 4.79 Å². The van der Waals surface area contributed by atoms with E-state index in [2.05, 4.69) is 11.6 Å². The first-order valence-electron chi connectivity index (χ1n) is 5.58. The van der Waals surface area contributed by atoms with Crippen molar-refractivity contribution in [3.8, 4) is 0 Å². The number of likely N-dealkylation sites (N-methyl/N-ethyl adjacent to an activating group) is 1. The van der Waals surface area contributed by atoms with Crippen LogP contribution in [0.2, 0.25) is 0 Å². The second-order valence-electron chi connectivity index (χ2n) is 3.87. The topological polar surface area (TPSA) is 32.3 Å². The van der Waals surface area contributed by atoms with Gasteiger partial charge in [0, 0.05) is 14.1 Å². The van der Waals surface area contributed by atoms with Crippen LogP contribution in [0, 0.1) is 0 Å². The molecule has 1 amide bonds. The number of carbonyl (C=O) groups excluding carboxylic acids is 1. The Kier molecular flexibility index (Phi) is 10.2. The van der Waals surface area contributed by atoms with Crippen molar-refractivity contribution in [2.45, 2.75) is 25.7 Å². The van der Waals surface area contributed by atoms with Gasteiger partial charge in [-0.25, -0.2) is 0 Å². The first kappa shape index (κ1) is 14.8. The minimum absolute atomic E-state index is 0.150. The average Bonchev–Trinajstić information content (AvgIpc) is 2.21. The van der Waals surface area contributed by atoms with Crippen LogP contribution in [0.3, 0.4) is 0 Å². The molecule has 0 atom stereocenters. The molecular weight excluding hydrogens is 208 g/mol. The number of carbonyl (C=O) groups is 1. The van der Waals surface area contributed by atoms with E-state index in [1.54, 1.807) is 19.0 Å². The van der Waals surface area contributed by atoms with E-state index in [-0.39, 0.29) is 5.91 Å². The van der Waals surface area contributed by atoms with Crippen LogP contribution < -0.4 is 5.32 Å². The van der Waals surface area contributed by atoms with Gasteiger partial charge in [0.15, 0.2) is 0 Å². The number of hydrogen-bond acceptors (Lipinski definition) is 3. The van der Waals surface area contributed by atoms with E-state index in [0.29, 0.717) is 6.54 Å². The minimum Gasteiger partial charge on any atom is -0.348 e. The lowest BCUT2D eigenvalue weighted by molar-refractivity contribution is -0.127. The Labute approximate surface area is 98.0 Å². The number of nitrogens with zero attached hydrogens (tertiary/aromatic N) is 1. The maximum Gasteiger partial charge on any atom is 0.236 e. The highest BCUT2D eigenvalue weighted by Crippen LogP contribution is 2.03. The normalized spacial score (nSPS) is 10.3. The van der Waals surface area contributed by atoms with Crippen molar-refractivity contribution in [3.05, 3.63) is 0 Å². The van der Waals surface area contributed by atoms with Gasteiger partial charge >= 0.3 is 0 Å². The summed E-state index contributed by atoms with van der Waals surface area (Å²) in [6.07, 6.45) is 7.22. The van der Waals surface area contributed by atoms with Crippen LogP contribution in [0.4, 0.5) is 0 Å². The molecule has 0 aliphatic carbocycles. The summed E-state index contributed by atoms with van der Waals surface area (Å²) >= 11 is 1.91. The van der Waals surface area contributed by atoms with E-state index >= 15 is 0 Å². The summed E-state index contributed by atoms with van der Waals surface area (Å²) in [4.78, 5) is 12.8. The van der Waals surface area contributed by atoms with Gasteiger partial charge in [-0.15, -0.1) is 0 Å². The SMILES string of the molecule is CSCCCCCCNCC(=O)N(C)C. The van der Waals surface area contributed by atoms with Crippen LogP contribution in [0.15, 0.2) is 0 Å². The van der Waals surface area contributed by atoms with Crippen molar-refractivity contribution in [3.63, 3.8) is 0 Å². The Morgan fingerprint density at radius 3 is 2.47 bits per heavy atom. The number of thioether (sulfide) groups is 1. The third-order valence-corrected chi connectivity index (χ3v) is 2.92. The largest absolute Gasteiger partial charge is 0.348 e. The lowest BCUT2D eigenvalue weighted by Gasteiger charge is -2.10. The van der Waals surface area contributed by atoms with Crippen molar-refractivity contribution in [1.29, 1.82) is 0 Å². The van der Waals surface area contributed by atoms with E-state index in [1.807, 2.05) is 11.8 Å². The van der Waals surface area contributed by atoms with Gasteiger partial charge < -0.3 is 10.2 Å². The molecule has 4 heteroatoms. The molecule has 0 heterocycles.